The Morgan fingerprint density at radius 1 is 0.857 bits per heavy atom. The molecule has 0 saturated carbocycles. The highest BCUT2D eigenvalue weighted by Gasteiger charge is 2.39. The maximum atomic E-state index is 6.54. The van der Waals surface area contributed by atoms with Crippen molar-refractivity contribution in [2.45, 2.75) is 70.3 Å². The van der Waals surface area contributed by atoms with Gasteiger partial charge in [-0.3, -0.25) is 4.90 Å². The minimum atomic E-state index is -0.374. The van der Waals surface area contributed by atoms with Crippen molar-refractivity contribution in [3.05, 3.63) is 77.4 Å². The zero-order chi connectivity index (χ0) is 29.4. The van der Waals surface area contributed by atoms with Gasteiger partial charge in [-0.25, -0.2) is 0 Å². The summed E-state index contributed by atoms with van der Waals surface area (Å²) in [5.41, 5.74) is 4.53. The van der Waals surface area contributed by atoms with Gasteiger partial charge in [-0.05, 0) is 100.0 Å². The first-order valence-electron chi connectivity index (χ1n) is 15.7. The molecule has 226 valence electrons. The highest BCUT2D eigenvalue weighted by Crippen LogP contribution is 2.46. The molecular weight excluding hydrogens is 524 g/mol. The summed E-state index contributed by atoms with van der Waals surface area (Å²) in [6.45, 7) is 9.43. The Balaban J connectivity index is 1.15. The number of aryl methyl sites for hydroxylation is 1. The Morgan fingerprint density at radius 3 is 2.29 bits per heavy atom. The molecule has 6 heteroatoms. The van der Waals surface area contributed by atoms with Crippen LogP contribution in [-0.2, 0) is 12.8 Å². The third kappa shape index (κ3) is 7.71. The molecule has 3 aromatic rings. The topological polar surface area (TPSA) is 52.2 Å². The number of rotatable bonds is 12. The average Bonchev–Trinajstić information content (AvgIpc) is 3.28. The minimum Gasteiger partial charge on any atom is -0.497 e. The highest BCUT2D eigenvalue weighted by atomic mass is 16.5. The lowest BCUT2D eigenvalue weighted by Gasteiger charge is -2.41. The summed E-state index contributed by atoms with van der Waals surface area (Å²) in [5, 5.41) is 3.73. The second kappa shape index (κ2) is 14.2. The van der Waals surface area contributed by atoms with E-state index in [-0.39, 0.29) is 11.5 Å². The number of anilines is 1. The van der Waals surface area contributed by atoms with Gasteiger partial charge >= 0.3 is 0 Å². The summed E-state index contributed by atoms with van der Waals surface area (Å²) in [5.74, 6) is 3.74. The standard InChI is InChI=1S/C36H48N2O4/c1-36(2)33(24-28-13-16-31(40-4)26-35(28)42-36)32-18-17-30(39-3)25-34(32)37-19-9-10-27-11-14-29(15-12-27)41-23-22-38-20-7-5-6-8-21-38/h11-18,25-26,33,37H,5-10,19-24H2,1-4H3. The van der Waals surface area contributed by atoms with Crippen LogP contribution in [0.15, 0.2) is 60.7 Å². The van der Waals surface area contributed by atoms with E-state index in [0.29, 0.717) is 0 Å². The molecule has 0 aliphatic carbocycles. The smallest absolute Gasteiger partial charge is 0.127 e. The third-order valence-electron chi connectivity index (χ3n) is 8.80. The van der Waals surface area contributed by atoms with Crippen LogP contribution in [0.4, 0.5) is 5.69 Å². The molecule has 0 amide bonds. The van der Waals surface area contributed by atoms with Crippen LogP contribution in [0.25, 0.3) is 0 Å². The van der Waals surface area contributed by atoms with Crippen molar-refractivity contribution in [1.82, 2.24) is 4.90 Å². The van der Waals surface area contributed by atoms with Crippen molar-refractivity contribution in [1.29, 1.82) is 0 Å². The van der Waals surface area contributed by atoms with Crippen LogP contribution in [0, 0.1) is 0 Å². The quantitative estimate of drug-likeness (QED) is 0.227. The Kier molecular flexibility index (Phi) is 10.2. The number of benzene rings is 3. The fraction of sp³-hybridized carbons (Fsp3) is 0.500. The van der Waals surface area contributed by atoms with Gasteiger partial charge in [-0.2, -0.15) is 0 Å². The molecule has 1 unspecified atom stereocenters. The minimum absolute atomic E-state index is 0.193. The van der Waals surface area contributed by atoms with Gasteiger partial charge in [0.15, 0.2) is 0 Å². The monoisotopic (exact) mass is 572 g/mol. The molecule has 0 radical (unpaired) electrons. The SMILES string of the molecule is COc1ccc(C2Cc3ccc(OC)cc3OC2(C)C)c(NCCCc2ccc(OCCN3CCCCCC3)cc2)c1. The van der Waals surface area contributed by atoms with E-state index in [1.54, 1.807) is 14.2 Å². The molecule has 42 heavy (non-hydrogen) atoms. The number of hydrogen-bond acceptors (Lipinski definition) is 6. The van der Waals surface area contributed by atoms with Gasteiger partial charge in [0.1, 0.15) is 35.2 Å². The van der Waals surface area contributed by atoms with Gasteiger partial charge in [-0.1, -0.05) is 37.1 Å². The molecule has 2 aliphatic heterocycles. The number of fused-ring (bicyclic) bond motifs is 1. The fourth-order valence-corrected chi connectivity index (χ4v) is 6.27. The van der Waals surface area contributed by atoms with Crippen LogP contribution in [0.2, 0.25) is 0 Å². The predicted octanol–water partition coefficient (Wildman–Crippen LogP) is 7.50. The van der Waals surface area contributed by atoms with E-state index in [1.807, 2.05) is 12.1 Å². The maximum absolute atomic E-state index is 6.54. The number of likely N-dealkylation sites (tertiary alicyclic amines) is 1. The summed E-state index contributed by atoms with van der Waals surface area (Å²) < 4.78 is 23.6. The largest absolute Gasteiger partial charge is 0.497 e. The molecule has 0 aromatic heterocycles. The zero-order valence-electron chi connectivity index (χ0n) is 25.9. The Bertz CT molecular complexity index is 1280. The van der Waals surface area contributed by atoms with Crippen LogP contribution < -0.4 is 24.3 Å². The van der Waals surface area contributed by atoms with E-state index >= 15 is 0 Å². The lowest BCUT2D eigenvalue weighted by molar-refractivity contribution is 0.0613. The second-order valence-electron chi connectivity index (χ2n) is 12.2. The van der Waals surface area contributed by atoms with Gasteiger partial charge in [0.25, 0.3) is 0 Å². The molecule has 5 rings (SSSR count). The van der Waals surface area contributed by atoms with Gasteiger partial charge in [0.05, 0.1) is 14.2 Å². The number of ether oxygens (including phenoxy) is 4. The molecule has 3 aromatic carbocycles. The van der Waals surface area contributed by atoms with Crippen LogP contribution in [0.3, 0.4) is 0 Å². The first kappa shape index (κ1) is 30.1. The number of methoxy groups -OCH3 is 2. The normalized spacial score (nSPS) is 18.3. The van der Waals surface area contributed by atoms with Gasteiger partial charge in [0.2, 0.25) is 0 Å². The van der Waals surface area contributed by atoms with E-state index in [2.05, 4.69) is 72.6 Å². The second-order valence-corrected chi connectivity index (χ2v) is 12.2. The molecule has 1 saturated heterocycles. The van der Waals surface area contributed by atoms with Crippen molar-refractivity contribution in [2.24, 2.45) is 0 Å². The van der Waals surface area contributed by atoms with Crippen LogP contribution in [0.5, 0.6) is 23.0 Å². The average molecular weight is 573 g/mol. The molecular formula is C36H48N2O4. The van der Waals surface area contributed by atoms with Gasteiger partial charge in [0, 0.05) is 36.8 Å². The summed E-state index contributed by atoms with van der Waals surface area (Å²) in [7, 11) is 3.41. The van der Waals surface area contributed by atoms with Crippen molar-refractivity contribution < 1.29 is 18.9 Å². The van der Waals surface area contributed by atoms with Crippen LogP contribution >= 0.6 is 0 Å². The zero-order valence-corrected chi connectivity index (χ0v) is 25.9. The first-order valence-corrected chi connectivity index (χ1v) is 15.7. The van der Waals surface area contributed by atoms with Crippen LogP contribution in [0.1, 0.15) is 68.6 Å². The Hall–Kier alpha value is -3.38. The molecule has 1 N–H and O–H groups in total. The number of hydrogen-bond donors (Lipinski definition) is 1. The summed E-state index contributed by atoms with van der Waals surface area (Å²) in [4.78, 5) is 2.54. The molecule has 6 nitrogen and oxygen atoms in total. The lowest BCUT2D eigenvalue weighted by atomic mass is 9.77. The number of nitrogens with zero attached hydrogens (tertiary/aromatic N) is 1. The Morgan fingerprint density at radius 2 is 1.55 bits per heavy atom. The van der Waals surface area contributed by atoms with E-state index in [4.69, 9.17) is 18.9 Å². The van der Waals surface area contributed by atoms with Crippen molar-refractivity contribution >= 4 is 5.69 Å². The molecule has 2 aliphatic rings. The highest BCUT2D eigenvalue weighted by molar-refractivity contribution is 5.59. The van der Waals surface area contributed by atoms with Crippen molar-refractivity contribution in [3.8, 4) is 23.0 Å². The molecule has 1 atom stereocenters. The van der Waals surface area contributed by atoms with Crippen molar-refractivity contribution in [2.75, 3.05) is 52.3 Å². The van der Waals surface area contributed by atoms with Crippen LogP contribution in [-0.4, -0.2) is 57.5 Å². The van der Waals surface area contributed by atoms with Gasteiger partial charge < -0.3 is 24.3 Å². The molecule has 0 spiro atoms. The third-order valence-corrected chi connectivity index (χ3v) is 8.80. The molecule has 1 fully saturated rings. The van der Waals surface area contributed by atoms with Crippen molar-refractivity contribution in [3.63, 3.8) is 0 Å². The van der Waals surface area contributed by atoms with E-state index in [9.17, 15) is 0 Å². The van der Waals surface area contributed by atoms with E-state index < -0.39 is 0 Å². The number of nitrogens with one attached hydrogen (secondary N) is 1. The Labute approximate surface area is 252 Å². The summed E-state index contributed by atoms with van der Waals surface area (Å²) in [6.07, 6.45) is 8.31. The summed E-state index contributed by atoms with van der Waals surface area (Å²) >= 11 is 0. The van der Waals surface area contributed by atoms with E-state index in [1.165, 1.54) is 55.5 Å². The van der Waals surface area contributed by atoms with E-state index in [0.717, 1.165) is 67.6 Å². The summed E-state index contributed by atoms with van der Waals surface area (Å²) in [6, 6.07) is 21.1. The maximum Gasteiger partial charge on any atom is 0.127 e. The first-order chi connectivity index (χ1) is 20.4. The lowest BCUT2D eigenvalue weighted by Crippen LogP contribution is -2.40. The fourth-order valence-electron chi connectivity index (χ4n) is 6.27. The van der Waals surface area contributed by atoms with Gasteiger partial charge in [-0.15, -0.1) is 0 Å². The molecule has 2 heterocycles. The predicted molar refractivity (Wildman–Crippen MR) is 171 cm³/mol. The molecule has 0 bridgehead atoms.